The van der Waals surface area contributed by atoms with Gasteiger partial charge < -0.3 is 5.32 Å². The summed E-state index contributed by atoms with van der Waals surface area (Å²) < 4.78 is 0. The van der Waals surface area contributed by atoms with E-state index in [1.165, 1.54) is 5.56 Å². The molecule has 0 heterocycles. The van der Waals surface area contributed by atoms with Gasteiger partial charge in [0.05, 0.1) is 0 Å². The molecule has 70 valence electrons. The van der Waals surface area contributed by atoms with E-state index in [2.05, 4.69) is 50.0 Å². The molecule has 0 aliphatic carbocycles. The Labute approximate surface area is 80.5 Å². The molecule has 0 fully saturated rings. The van der Waals surface area contributed by atoms with E-state index in [0.717, 1.165) is 12.2 Å². The second-order valence-corrected chi connectivity index (χ2v) is 3.52. The number of allylic oxidation sites excluding steroid dienone is 1. The number of hydrogen-bond donors (Lipinski definition) is 1. The Balaban J connectivity index is 2.40. The molecule has 0 amide bonds. The fourth-order valence-corrected chi connectivity index (χ4v) is 1.02. The summed E-state index contributed by atoms with van der Waals surface area (Å²) in [7, 11) is 0. The first-order valence-corrected chi connectivity index (χ1v) is 4.66. The smallest absolute Gasteiger partial charge is 0.0397 e. The van der Waals surface area contributed by atoms with Gasteiger partial charge in [0.15, 0.2) is 0 Å². The molecule has 0 radical (unpaired) electrons. The Kier molecular flexibility index (Phi) is 3.56. The highest BCUT2D eigenvalue weighted by Crippen LogP contribution is 2.04. The highest BCUT2D eigenvalue weighted by Gasteiger charge is 1.98. The number of hydrogen-bond acceptors (Lipinski definition) is 1. The van der Waals surface area contributed by atoms with Gasteiger partial charge in [0.25, 0.3) is 0 Å². The lowest BCUT2D eigenvalue weighted by molar-refractivity contribution is 0.656. The average molecular weight is 175 g/mol. The zero-order valence-electron chi connectivity index (χ0n) is 8.38. The third-order valence-electron chi connectivity index (χ3n) is 2.06. The molecule has 13 heavy (non-hydrogen) atoms. The molecule has 1 N–H and O–H groups in total. The van der Waals surface area contributed by atoms with Gasteiger partial charge in [0, 0.05) is 12.2 Å². The molecule has 1 aromatic carbocycles. The van der Waals surface area contributed by atoms with Gasteiger partial charge in [0.2, 0.25) is 0 Å². The summed E-state index contributed by atoms with van der Waals surface area (Å²) in [6.45, 7) is 9.11. The molecule has 1 heteroatoms. The summed E-state index contributed by atoms with van der Waals surface area (Å²) in [4.78, 5) is 0. The van der Waals surface area contributed by atoms with Crippen LogP contribution in [0.15, 0.2) is 42.6 Å². The Morgan fingerprint density at radius 2 is 1.92 bits per heavy atom. The summed E-state index contributed by atoms with van der Waals surface area (Å²) in [6.07, 6.45) is 0. The van der Waals surface area contributed by atoms with Crippen LogP contribution in [0.25, 0.3) is 0 Å². The van der Waals surface area contributed by atoms with Crippen LogP contribution < -0.4 is 5.32 Å². The van der Waals surface area contributed by atoms with Crippen LogP contribution in [0.2, 0.25) is 0 Å². The van der Waals surface area contributed by atoms with Crippen molar-refractivity contribution < 1.29 is 0 Å². The minimum absolute atomic E-state index is 0.503. The van der Waals surface area contributed by atoms with Crippen molar-refractivity contribution in [2.45, 2.75) is 20.4 Å². The van der Waals surface area contributed by atoms with Gasteiger partial charge in [-0.25, -0.2) is 0 Å². The van der Waals surface area contributed by atoms with E-state index in [4.69, 9.17) is 0 Å². The number of benzene rings is 1. The van der Waals surface area contributed by atoms with Crippen LogP contribution >= 0.6 is 0 Å². The van der Waals surface area contributed by atoms with Gasteiger partial charge >= 0.3 is 0 Å². The Morgan fingerprint density at radius 1 is 1.31 bits per heavy atom. The van der Waals surface area contributed by atoms with Crippen molar-refractivity contribution in [1.29, 1.82) is 0 Å². The first kappa shape index (κ1) is 9.85. The maximum atomic E-state index is 3.96. The molecule has 0 aromatic heterocycles. The predicted molar refractivity (Wildman–Crippen MR) is 57.3 cm³/mol. The second kappa shape index (κ2) is 4.70. The fraction of sp³-hybridized carbons (Fsp3) is 0.333. The van der Waals surface area contributed by atoms with Gasteiger partial charge in [-0.1, -0.05) is 50.8 Å². The van der Waals surface area contributed by atoms with Crippen molar-refractivity contribution in [3.8, 4) is 0 Å². The summed E-state index contributed by atoms with van der Waals surface area (Å²) in [5, 5.41) is 3.30. The van der Waals surface area contributed by atoms with E-state index in [-0.39, 0.29) is 0 Å². The van der Waals surface area contributed by atoms with Crippen LogP contribution in [-0.4, -0.2) is 0 Å². The van der Waals surface area contributed by atoms with Gasteiger partial charge in [-0.2, -0.15) is 0 Å². The van der Waals surface area contributed by atoms with E-state index in [1.54, 1.807) is 0 Å². The van der Waals surface area contributed by atoms with Crippen molar-refractivity contribution in [3.05, 3.63) is 48.2 Å². The second-order valence-electron chi connectivity index (χ2n) is 3.52. The molecule has 0 atom stereocenters. The first-order valence-electron chi connectivity index (χ1n) is 4.66. The van der Waals surface area contributed by atoms with E-state index < -0.39 is 0 Å². The third-order valence-corrected chi connectivity index (χ3v) is 2.06. The summed E-state index contributed by atoms with van der Waals surface area (Å²) >= 11 is 0. The SMILES string of the molecule is C=C(NCc1ccccc1)C(C)C. The molecule has 0 saturated carbocycles. The molecular weight excluding hydrogens is 158 g/mol. The van der Waals surface area contributed by atoms with Crippen molar-refractivity contribution in [1.82, 2.24) is 5.32 Å². The highest BCUT2D eigenvalue weighted by molar-refractivity contribution is 5.15. The van der Waals surface area contributed by atoms with Crippen LogP contribution in [0.4, 0.5) is 0 Å². The van der Waals surface area contributed by atoms with Crippen LogP contribution in [-0.2, 0) is 6.54 Å². The predicted octanol–water partition coefficient (Wildman–Crippen LogP) is 2.95. The fourth-order valence-electron chi connectivity index (χ4n) is 1.02. The molecule has 0 spiro atoms. The normalized spacial score (nSPS) is 10.1. The monoisotopic (exact) mass is 175 g/mol. The Bertz CT molecular complexity index is 262. The molecule has 0 aliphatic heterocycles. The van der Waals surface area contributed by atoms with Crippen molar-refractivity contribution in [3.63, 3.8) is 0 Å². The van der Waals surface area contributed by atoms with Gasteiger partial charge in [0.1, 0.15) is 0 Å². The summed E-state index contributed by atoms with van der Waals surface area (Å²) in [6, 6.07) is 10.4. The molecular formula is C12H17N. The quantitative estimate of drug-likeness (QED) is 0.742. The molecule has 0 unspecified atom stereocenters. The van der Waals surface area contributed by atoms with Crippen molar-refractivity contribution >= 4 is 0 Å². The molecule has 0 saturated heterocycles. The van der Waals surface area contributed by atoms with Gasteiger partial charge in [-0.15, -0.1) is 0 Å². The lowest BCUT2D eigenvalue weighted by atomic mass is 10.1. The van der Waals surface area contributed by atoms with Gasteiger partial charge in [-0.05, 0) is 11.5 Å². The standard InChI is InChI=1S/C12H17N/c1-10(2)11(3)13-9-12-7-5-4-6-8-12/h4-8,10,13H,3,9H2,1-2H3. The van der Waals surface area contributed by atoms with Crippen molar-refractivity contribution in [2.24, 2.45) is 5.92 Å². The summed E-state index contributed by atoms with van der Waals surface area (Å²) in [5.74, 6) is 0.503. The van der Waals surface area contributed by atoms with Crippen molar-refractivity contribution in [2.75, 3.05) is 0 Å². The lowest BCUT2D eigenvalue weighted by Gasteiger charge is -2.12. The molecule has 0 aliphatic rings. The lowest BCUT2D eigenvalue weighted by Crippen LogP contribution is -2.15. The van der Waals surface area contributed by atoms with E-state index >= 15 is 0 Å². The third kappa shape index (κ3) is 3.32. The molecule has 1 aromatic rings. The van der Waals surface area contributed by atoms with E-state index in [0.29, 0.717) is 5.92 Å². The largest absolute Gasteiger partial charge is 0.385 e. The zero-order valence-corrected chi connectivity index (χ0v) is 8.38. The van der Waals surface area contributed by atoms with Gasteiger partial charge in [-0.3, -0.25) is 0 Å². The highest BCUT2D eigenvalue weighted by atomic mass is 14.9. The van der Waals surface area contributed by atoms with Crippen LogP contribution in [0, 0.1) is 5.92 Å². The Morgan fingerprint density at radius 3 is 2.46 bits per heavy atom. The number of rotatable bonds is 4. The molecule has 1 rings (SSSR count). The minimum Gasteiger partial charge on any atom is -0.385 e. The molecule has 0 bridgehead atoms. The number of nitrogens with one attached hydrogen (secondary N) is 1. The zero-order chi connectivity index (χ0) is 9.68. The maximum absolute atomic E-state index is 3.96. The maximum Gasteiger partial charge on any atom is 0.0397 e. The summed E-state index contributed by atoms with van der Waals surface area (Å²) in [5.41, 5.74) is 2.40. The Hall–Kier alpha value is -1.24. The first-order chi connectivity index (χ1) is 6.20. The van der Waals surface area contributed by atoms with E-state index in [1.807, 2.05) is 6.07 Å². The minimum atomic E-state index is 0.503. The van der Waals surface area contributed by atoms with Crippen LogP contribution in [0.5, 0.6) is 0 Å². The van der Waals surface area contributed by atoms with Crippen LogP contribution in [0.3, 0.4) is 0 Å². The average Bonchev–Trinajstić information content (AvgIpc) is 2.15. The van der Waals surface area contributed by atoms with E-state index in [9.17, 15) is 0 Å². The topological polar surface area (TPSA) is 12.0 Å². The molecule has 1 nitrogen and oxygen atoms in total. The van der Waals surface area contributed by atoms with Crippen LogP contribution in [0.1, 0.15) is 19.4 Å².